The lowest BCUT2D eigenvalue weighted by Gasteiger charge is -2.33. The molecule has 122 valence electrons. The summed E-state index contributed by atoms with van der Waals surface area (Å²) in [6, 6.07) is 8.12. The molecular formula is C17H20N2O3S. The van der Waals surface area contributed by atoms with Crippen LogP contribution in [0.5, 0.6) is 5.75 Å². The standard InChI is InChI=1S/C17H20N2O3S/c1-20-13-4-2-12(3-5-13)15-10-19(7-9-22-15)17-18-14-6-8-21-11-16(14)23-17/h2-5,15H,6-11H2,1H3. The summed E-state index contributed by atoms with van der Waals surface area (Å²) in [4.78, 5) is 8.43. The summed E-state index contributed by atoms with van der Waals surface area (Å²) in [6.07, 6.45) is 1.00. The van der Waals surface area contributed by atoms with Crippen LogP contribution in [-0.2, 0) is 22.5 Å². The molecule has 6 heteroatoms. The van der Waals surface area contributed by atoms with Gasteiger partial charge in [-0.05, 0) is 17.7 Å². The second kappa shape index (κ2) is 6.47. The summed E-state index contributed by atoms with van der Waals surface area (Å²) in [7, 11) is 1.68. The highest BCUT2D eigenvalue weighted by Gasteiger charge is 2.26. The molecule has 0 spiro atoms. The minimum absolute atomic E-state index is 0.0758. The van der Waals surface area contributed by atoms with Gasteiger partial charge in [-0.1, -0.05) is 23.5 Å². The zero-order valence-electron chi connectivity index (χ0n) is 13.2. The molecule has 1 saturated heterocycles. The Kier molecular flexibility index (Phi) is 4.20. The number of methoxy groups -OCH3 is 1. The number of thiazole rings is 1. The van der Waals surface area contributed by atoms with Gasteiger partial charge in [0, 0.05) is 13.0 Å². The van der Waals surface area contributed by atoms with E-state index in [1.807, 2.05) is 12.1 Å². The predicted molar refractivity (Wildman–Crippen MR) is 89.4 cm³/mol. The predicted octanol–water partition coefficient (Wildman–Crippen LogP) is 2.80. The quantitative estimate of drug-likeness (QED) is 0.865. The third-order valence-corrected chi connectivity index (χ3v) is 5.44. The van der Waals surface area contributed by atoms with E-state index in [0.29, 0.717) is 6.61 Å². The zero-order chi connectivity index (χ0) is 15.6. The molecule has 2 aliphatic rings. The zero-order valence-corrected chi connectivity index (χ0v) is 14.0. The van der Waals surface area contributed by atoms with Crippen molar-refractivity contribution in [3.05, 3.63) is 40.4 Å². The van der Waals surface area contributed by atoms with E-state index in [1.54, 1.807) is 18.4 Å². The summed E-state index contributed by atoms with van der Waals surface area (Å²) in [6.45, 7) is 3.93. The maximum Gasteiger partial charge on any atom is 0.186 e. The van der Waals surface area contributed by atoms with E-state index in [4.69, 9.17) is 19.2 Å². The lowest BCUT2D eigenvalue weighted by atomic mass is 10.1. The van der Waals surface area contributed by atoms with Crippen molar-refractivity contribution in [1.29, 1.82) is 0 Å². The van der Waals surface area contributed by atoms with Gasteiger partial charge in [0.1, 0.15) is 11.9 Å². The van der Waals surface area contributed by atoms with Gasteiger partial charge in [-0.2, -0.15) is 0 Å². The topological polar surface area (TPSA) is 43.8 Å². The second-order valence-electron chi connectivity index (χ2n) is 5.75. The Hall–Kier alpha value is -1.63. The van der Waals surface area contributed by atoms with Crippen molar-refractivity contribution in [2.75, 3.05) is 38.3 Å². The first-order valence-corrected chi connectivity index (χ1v) is 8.72. The Morgan fingerprint density at radius 3 is 2.91 bits per heavy atom. The summed E-state index contributed by atoms with van der Waals surface area (Å²) in [5.41, 5.74) is 2.39. The highest BCUT2D eigenvalue weighted by Crippen LogP contribution is 2.33. The molecule has 3 heterocycles. The van der Waals surface area contributed by atoms with Crippen LogP contribution < -0.4 is 9.64 Å². The van der Waals surface area contributed by atoms with E-state index >= 15 is 0 Å². The van der Waals surface area contributed by atoms with Crippen LogP contribution in [0.2, 0.25) is 0 Å². The van der Waals surface area contributed by atoms with E-state index in [9.17, 15) is 0 Å². The maximum absolute atomic E-state index is 5.96. The largest absolute Gasteiger partial charge is 0.497 e. The molecule has 1 aromatic heterocycles. The molecule has 1 fully saturated rings. The number of rotatable bonds is 3. The summed E-state index contributed by atoms with van der Waals surface area (Å²) < 4.78 is 16.7. The van der Waals surface area contributed by atoms with Crippen molar-refractivity contribution in [3.63, 3.8) is 0 Å². The number of morpholine rings is 1. The highest BCUT2D eigenvalue weighted by atomic mass is 32.1. The van der Waals surface area contributed by atoms with Crippen molar-refractivity contribution in [2.45, 2.75) is 19.1 Å². The Bertz CT molecular complexity index is 647. The fourth-order valence-electron chi connectivity index (χ4n) is 2.99. The van der Waals surface area contributed by atoms with Crippen molar-refractivity contribution in [1.82, 2.24) is 4.98 Å². The Morgan fingerprint density at radius 2 is 2.13 bits per heavy atom. The van der Waals surface area contributed by atoms with E-state index in [1.165, 1.54) is 16.1 Å². The van der Waals surface area contributed by atoms with E-state index in [2.05, 4.69) is 17.0 Å². The Morgan fingerprint density at radius 1 is 1.26 bits per heavy atom. The fraction of sp³-hybridized carbons (Fsp3) is 0.471. The minimum Gasteiger partial charge on any atom is -0.497 e. The van der Waals surface area contributed by atoms with Crippen LogP contribution >= 0.6 is 11.3 Å². The average molecular weight is 332 g/mol. The van der Waals surface area contributed by atoms with Crippen molar-refractivity contribution in [2.24, 2.45) is 0 Å². The van der Waals surface area contributed by atoms with Crippen molar-refractivity contribution >= 4 is 16.5 Å². The fourth-order valence-corrected chi connectivity index (χ4v) is 4.07. The summed E-state index contributed by atoms with van der Waals surface area (Å²) >= 11 is 1.76. The summed E-state index contributed by atoms with van der Waals surface area (Å²) in [5, 5.41) is 1.10. The SMILES string of the molecule is COc1ccc(C2CN(c3nc4c(s3)COCC4)CCO2)cc1. The third-order valence-electron chi connectivity index (χ3n) is 4.31. The smallest absolute Gasteiger partial charge is 0.186 e. The molecule has 1 atom stereocenters. The van der Waals surface area contributed by atoms with Crippen LogP contribution in [0.15, 0.2) is 24.3 Å². The molecule has 2 aromatic rings. The van der Waals surface area contributed by atoms with E-state index in [0.717, 1.165) is 43.6 Å². The highest BCUT2D eigenvalue weighted by molar-refractivity contribution is 7.15. The van der Waals surface area contributed by atoms with Gasteiger partial charge in [0.15, 0.2) is 5.13 Å². The van der Waals surface area contributed by atoms with Crippen LogP contribution in [0, 0.1) is 0 Å². The molecule has 1 unspecified atom stereocenters. The molecule has 0 radical (unpaired) electrons. The van der Waals surface area contributed by atoms with Crippen LogP contribution in [0.25, 0.3) is 0 Å². The first-order valence-electron chi connectivity index (χ1n) is 7.90. The number of hydrogen-bond acceptors (Lipinski definition) is 6. The molecule has 0 N–H and O–H groups in total. The monoisotopic (exact) mass is 332 g/mol. The number of benzene rings is 1. The molecule has 0 bridgehead atoms. The second-order valence-corrected chi connectivity index (χ2v) is 6.81. The lowest BCUT2D eigenvalue weighted by Crippen LogP contribution is -2.38. The van der Waals surface area contributed by atoms with Gasteiger partial charge in [-0.25, -0.2) is 4.98 Å². The van der Waals surface area contributed by atoms with E-state index < -0.39 is 0 Å². The summed E-state index contributed by atoms with van der Waals surface area (Å²) in [5.74, 6) is 0.869. The van der Waals surface area contributed by atoms with Crippen LogP contribution in [0.4, 0.5) is 5.13 Å². The first-order chi connectivity index (χ1) is 11.3. The molecule has 23 heavy (non-hydrogen) atoms. The minimum atomic E-state index is 0.0758. The van der Waals surface area contributed by atoms with Gasteiger partial charge in [0.25, 0.3) is 0 Å². The number of ether oxygens (including phenoxy) is 3. The molecule has 1 aromatic carbocycles. The van der Waals surface area contributed by atoms with Crippen LogP contribution in [0.1, 0.15) is 22.2 Å². The molecule has 0 amide bonds. The number of hydrogen-bond donors (Lipinski definition) is 0. The number of aromatic nitrogens is 1. The number of anilines is 1. The maximum atomic E-state index is 5.96. The molecule has 2 aliphatic heterocycles. The Balaban J connectivity index is 1.51. The van der Waals surface area contributed by atoms with Crippen molar-refractivity contribution < 1.29 is 14.2 Å². The van der Waals surface area contributed by atoms with Gasteiger partial charge in [-0.15, -0.1) is 0 Å². The van der Waals surface area contributed by atoms with Crippen LogP contribution in [-0.4, -0.2) is 38.4 Å². The molecule has 0 aliphatic carbocycles. The lowest BCUT2D eigenvalue weighted by molar-refractivity contribution is 0.0397. The first kappa shape index (κ1) is 14.9. The molecule has 0 saturated carbocycles. The van der Waals surface area contributed by atoms with Gasteiger partial charge in [0.2, 0.25) is 0 Å². The van der Waals surface area contributed by atoms with Gasteiger partial charge < -0.3 is 19.1 Å². The van der Waals surface area contributed by atoms with Crippen LogP contribution in [0.3, 0.4) is 0 Å². The Labute approximate surface area is 139 Å². The number of nitrogens with zero attached hydrogens (tertiary/aromatic N) is 2. The van der Waals surface area contributed by atoms with Gasteiger partial charge >= 0.3 is 0 Å². The van der Waals surface area contributed by atoms with Gasteiger partial charge in [0.05, 0.1) is 44.0 Å². The molecule has 5 nitrogen and oxygen atoms in total. The molecular weight excluding hydrogens is 312 g/mol. The van der Waals surface area contributed by atoms with Gasteiger partial charge in [-0.3, -0.25) is 0 Å². The molecule has 4 rings (SSSR count). The van der Waals surface area contributed by atoms with E-state index in [-0.39, 0.29) is 6.10 Å². The normalized spacial score (nSPS) is 21.1. The average Bonchev–Trinajstić information content (AvgIpc) is 3.06. The number of fused-ring (bicyclic) bond motifs is 1. The third kappa shape index (κ3) is 3.06. The van der Waals surface area contributed by atoms with Crippen molar-refractivity contribution in [3.8, 4) is 5.75 Å².